The molecule has 1 unspecified atom stereocenters. The number of aromatic nitrogens is 1. The van der Waals surface area contributed by atoms with Gasteiger partial charge in [-0.1, -0.05) is 6.07 Å². The number of nitrogens with zero attached hydrogens (tertiary/aromatic N) is 1. The molecule has 1 aliphatic rings. The second kappa shape index (κ2) is 4.35. The number of nitrogen functional groups attached to an aromatic ring is 1. The van der Waals surface area contributed by atoms with Gasteiger partial charge in [-0.3, -0.25) is 19.9 Å². The van der Waals surface area contributed by atoms with Crippen molar-refractivity contribution in [3.05, 3.63) is 36.0 Å². The minimum absolute atomic E-state index is 0.205. The minimum Gasteiger partial charge on any atom is -0.399 e. The molecule has 1 aliphatic heterocycles. The molecule has 96 valence electrons. The molecule has 1 atom stereocenters. The van der Waals surface area contributed by atoms with E-state index in [1.807, 2.05) is 12.1 Å². The third-order valence-electron chi connectivity index (χ3n) is 3.42. The lowest BCUT2D eigenvalue weighted by atomic mass is 9.88. The van der Waals surface area contributed by atoms with Gasteiger partial charge in [0.25, 0.3) is 0 Å². The fourth-order valence-corrected chi connectivity index (χ4v) is 2.48. The number of carbonyl (C=O) groups excluding carboxylic acids is 2. The molecule has 0 bridgehead atoms. The first kappa shape index (κ1) is 11.6. The van der Waals surface area contributed by atoms with E-state index >= 15 is 0 Å². The van der Waals surface area contributed by atoms with Crippen LogP contribution >= 0.6 is 0 Å². The number of hydrogen-bond acceptors (Lipinski definition) is 4. The molecule has 0 aliphatic carbocycles. The summed E-state index contributed by atoms with van der Waals surface area (Å²) in [6, 6.07) is 7.28. The Labute approximate surface area is 109 Å². The van der Waals surface area contributed by atoms with E-state index in [0.29, 0.717) is 18.5 Å². The fourth-order valence-electron chi connectivity index (χ4n) is 2.48. The molecule has 1 aromatic carbocycles. The van der Waals surface area contributed by atoms with Crippen LogP contribution in [0.25, 0.3) is 10.9 Å². The third-order valence-corrected chi connectivity index (χ3v) is 3.42. The summed E-state index contributed by atoms with van der Waals surface area (Å²) in [5.41, 5.74) is 8.04. The normalized spacial score (nSPS) is 19.5. The highest BCUT2D eigenvalue weighted by molar-refractivity contribution is 6.02. The number of nitrogens with one attached hydrogen (secondary N) is 1. The second-order valence-corrected chi connectivity index (χ2v) is 4.68. The SMILES string of the molecule is Nc1ccc2c(C3CCC(=O)NC3=O)ccnc2c1. The van der Waals surface area contributed by atoms with Gasteiger partial charge in [-0.25, -0.2) is 0 Å². The molecule has 2 heterocycles. The van der Waals surface area contributed by atoms with Gasteiger partial charge in [0.2, 0.25) is 11.8 Å². The van der Waals surface area contributed by atoms with Gasteiger partial charge < -0.3 is 5.73 Å². The van der Waals surface area contributed by atoms with Gasteiger partial charge in [0.15, 0.2) is 0 Å². The lowest BCUT2D eigenvalue weighted by Gasteiger charge is -2.22. The zero-order valence-electron chi connectivity index (χ0n) is 10.2. The first-order chi connectivity index (χ1) is 9.15. The Morgan fingerprint density at radius 3 is 2.89 bits per heavy atom. The summed E-state index contributed by atoms with van der Waals surface area (Å²) >= 11 is 0. The Morgan fingerprint density at radius 2 is 2.11 bits per heavy atom. The standard InChI is InChI=1S/C14H13N3O2/c15-8-1-2-10-9(5-6-16-12(10)7-8)11-3-4-13(18)17-14(11)19/h1-2,5-7,11H,3-4,15H2,(H,17,18,19). The van der Waals surface area contributed by atoms with Crippen molar-refractivity contribution in [3.63, 3.8) is 0 Å². The van der Waals surface area contributed by atoms with Crippen molar-refractivity contribution >= 4 is 28.4 Å². The Hall–Kier alpha value is -2.43. The lowest BCUT2D eigenvalue weighted by Crippen LogP contribution is -2.39. The van der Waals surface area contributed by atoms with E-state index in [2.05, 4.69) is 10.3 Å². The predicted molar refractivity (Wildman–Crippen MR) is 71.3 cm³/mol. The van der Waals surface area contributed by atoms with Gasteiger partial charge in [-0.2, -0.15) is 0 Å². The van der Waals surface area contributed by atoms with E-state index in [9.17, 15) is 9.59 Å². The van der Waals surface area contributed by atoms with Crippen molar-refractivity contribution in [3.8, 4) is 0 Å². The molecule has 3 N–H and O–H groups in total. The average molecular weight is 255 g/mol. The van der Waals surface area contributed by atoms with Gasteiger partial charge in [0.05, 0.1) is 11.4 Å². The molecular formula is C14H13N3O2. The van der Waals surface area contributed by atoms with E-state index in [-0.39, 0.29) is 17.7 Å². The first-order valence-electron chi connectivity index (χ1n) is 6.13. The zero-order chi connectivity index (χ0) is 13.4. The van der Waals surface area contributed by atoms with E-state index in [4.69, 9.17) is 5.73 Å². The molecule has 0 radical (unpaired) electrons. The summed E-state index contributed by atoms with van der Waals surface area (Å²) in [6.45, 7) is 0. The number of pyridine rings is 1. The number of anilines is 1. The summed E-state index contributed by atoms with van der Waals surface area (Å²) in [4.78, 5) is 27.4. The maximum absolute atomic E-state index is 11.9. The molecule has 0 saturated carbocycles. The van der Waals surface area contributed by atoms with Gasteiger partial charge in [0, 0.05) is 23.7 Å². The van der Waals surface area contributed by atoms with Crippen molar-refractivity contribution in [1.29, 1.82) is 0 Å². The highest BCUT2D eigenvalue weighted by Crippen LogP contribution is 2.30. The number of carbonyl (C=O) groups is 2. The van der Waals surface area contributed by atoms with Crippen LogP contribution in [0.3, 0.4) is 0 Å². The summed E-state index contributed by atoms with van der Waals surface area (Å²) in [5.74, 6) is -0.740. The van der Waals surface area contributed by atoms with Crippen LogP contribution in [0.2, 0.25) is 0 Å². The maximum atomic E-state index is 11.9. The quantitative estimate of drug-likeness (QED) is 0.594. The molecule has 5 heteroatoms. The lowest BCUT2D eigenvalue weighted by molar-refractivity contribution is -0.134. The molecule has 5 nitrogen and oxygen atoms in total. The van der Waals surface area contributed by atoms with Gasteiger partial charge >= 0.3 is 0 Å². The smallest absolute Gasteiger partial charge is 0.234 e. The number of nitrogens with two attached hydrogens (primary N) is 1. The van der Waals surface area contributed by atoms with Gasteiger partial charge in [-0.05, 0) is 30.2 Å². The van der Waals surface area contributed by atoms with Crippen LogP contribution in [0.5, 0.6) is 0 Å². The zero-order valence-corrected chi connectivity index (χ0v) is 10.2. The van der Waals surface area contributed by atoms with Crippen LogP contribution in [0, 0.1) is 0 Å². The highest BCUT2D eigenvalue weighted by atomic mass is 16.2. The number of amides is 2. The second-order valence-electron chi connectivity index (χ2n) is 4.68. The van der Waals surface area contributed by atoms with Crippen LogP contribution in [0.15, 0.2) is 30.5 Å². The molecule has 3 rings (SSSR count). The first-order valence-corrected chi connectivity index (χ1v) is 6.13. The molecular weight excluding hydrogens is 242 g/mol. The van der Waals surface area contributed by atoms with Crippen molar-refractivity contribution < 1.29 is 9.59 Å². The largest absolute Gasteiger partial charge is 0.399 e. The minimum atomic E-state index is -0.299. The van der Waals surface area contributed by atoms with Crippen molar-refractivity contribution in [2.75, 3.05) is 5.73 Å². The molecule has 2 amide bonds. The molecule has 2 aromatic rings. The third kappa shape index (κ3) is 2.03. The van der Waals surface area contributed by atoms with Crippen molar-refractivity contribution in [1.82, 2.24) is 10.3 Å². The van der Waals surface area contributed by atoms with E-state index in [1.165, 1.54) is 0 Å². The topological polar surface area (TPSA) is 85.1 Å². The van der Waals surface area contributed by atoms with E-state index in [0.717, 1.165) is 16.5 Å². The van der Waals surface area contributed by atoms with Crippen LogP contribution in [0.1, 0.15) is 24.3 Å². The summed E-state index contributed by atoms with van der Waals surface area (Å²) in [5, 5.41) is 3.29. The van der Waals surface area contributed by atoms with Gasteiger partial charge in [0.1, 0.15) is 0 Å². The van der Waals surface area contributed by atoms with Crippen LogP contribution in [-0.4, -0.2) is 16.8 Å². The molecule has 1 saturated heterocycles. The number of benzene rings is 1. The number of rotatable bonds is 1. The Balaban J connectivity index is 2.10. The number of imide groups is 1. The van der Waals surface area contributed by atoms with E-state index < -0.39 is 0 Å². The number of hydrogen-bond donors (Lipinski definition) is 2. The summed E-state index contributed by atoms with van der Waals surface area (Å²) < 4.78 is 0. The summed E-state index contributed by atoms with van der Waals surface area (Å²) in [7, 11) is 0. The Bertz CT molecular complexity index is 681. The fraction of sp³-hybridized carbons (Fsp3) is 0.214. The van der Waals surface area contributed by atoms with E-state index in [1.54, 1.807) is 18.3 Å². The number of fused-ring (bicyclic) bond motifs is 1. The monoisotopic (exact) mass is 255 g/mol. The van der Waals surface area contributed by atoms with Crippen LogP contribution in [-0.2, 0) is 9.59 Å². The molecule has 1 fully saturated rings. The number of piperidine rings is 1. The molecule has 0 spiro atoms. The summed E-state index contributed by atoms with van der Waals surface area (Å²) in [6.07, 6.45) is 2.57. The molecule has 1 aromatic heterocycles. The van der Waals surface area contributed by atoms with Crippen molar-refractivity contribution in [2.24, 2.45) is 0 Å². The van der Waals surface area contributed by atoms with Crippen LogP contribution < -0.4 is 11.1 Å². The maximum Gasteiger partial charge on any atom is 0.234 e. The van der Waals surface area contributed by atoms with Crippen LogP contribution in [0.4, 0.5) is 5.69 Å². The predicted octanol–water partition coefficient (Wildman–Crippen LogP) is 1.34. The highest BCUT2D eigenvalue weighted by Gasteiger charge is 2.29. The van der Waals surface area contributed by atoms with Crippen molar-refractivity contribution in [2.45, 2.75) is 18.8 Å². The Kier molecular flexibility index (Phi) is 2.67. The van der Waals surface area contributed by atoms with Gasteiger partial charge in [-0.15, -0.1) is 0 Å². The average Bonchev–Trinajstić information content (AvgIpc) is 2.38. The molecule has 19 heavy (non-hydrogen) atoms. The Morgan fingerprint density at radius 1 is 1.26 bits per heavy atom.